The summed E-state index contributed by atoms with van der Waals surface area (Å²) in [5.74, 6) is 0.674. The SMILES string of the molecule is C.CC(=O)C1CCCN1C(=O)C(C)CSSC(CO[N+](=O)[O-])CO[N+](=O)[O-].Cc1c(C)c2c(c(C)c1O)CCC(C)(C(=O)OCCSSCC(CO[N+](=O)[O-])O[N+](=O)[O-])O2. The summed E-state index contributed by atoms with van der Waals surface area (Å²) in [6.07, 6.45) is 1.34. The summed E-state index contributed by atoms with van der Waals surface area (Å²) in [6, 6.07) is -0.364. The van der Waals surface area contributed by atoms with Crippen LogP contribution in [0.4, 0.5) is 0 Å². The summed E-state index contributed by atoms with van der Waals surface area (Å²) >= 11 is 0. The Morgan fingerprint density at radius 1 is 0.900 bits per heavy atom. The first-order valence-corrected chi connectivity index (χ1v) is 22.7. The highest BCUT2D eigenvalue weighted by Crippen LogP contribution is 2.43. The van der Waals surface area contributed by atoms with E-state index in [-0.39, 0.29) is 62.4 Å². The van der Waals surface area contributed by atoms with E-state index in [1.54, 1.807) is 25.7 Å². The molecule has 3 rings (SSSR count). The number of benzene rings is 1. The molecule has 0 spiro atoms. The van der Waals surface area contributed by atoms with E-state index in [9.17, 15) is 59.9 Å². The number of nitrogens with zero attached hydrogens (tertiary/aromatic N) is 5. The summed E-state index contributed by atoms with van der Waals surface area (Å²) in [5.41, 5.74) is 1.97. The van der Waals surface area contributed by atoms with E-state index in [0.29, 0.717) is 48.6 Å². The molecule has 340 valence electrons. The number of Topliss-reactive ketones (excluding diaryl/α,β-unsaturated/α-hetero) is 1. The lowest BCUT2D eigenvalue weighted by Crippen LogP contribution is -2.46. The van der Waals surface area contributed by atoms with E-state index in [0.717, 1.165) is 33.9 Å². The summed E-state index contributed by atoms with van der Waals surface area (Å²) in [6.45, 7) is 9.69. The van der Waals surface area contributed by atoms with Crippen LogP contribution in [-0.2, 0) is 44.9 Å². The van der Waals surface area contributed by atoms with Crippen molar-refractivity contribution in [1.82, 2.24) is 4.90 Å². The van der Waals surface area contributed by atoms with E-state index in [1.165, 1.54) is 39.3 Å². The van der Waals surface area contributed by atoms with Gasteiger partial charge in [-0.05, 0) is 70.6 Å². The lowest BCUT2D eigenvalue weighted by atomic mass is 9.87. The molecule has 0 bridgehead atoms. The Labute approximate surface area is 361 Å². The maximum absolute atomic E-state index is 12.7. The predicted octanol–water partition coefficient (Wildman–Crippen LogP) is 5.12. The Hall–Kier alpha value is -4.37. The monoisotopic (exact) mass is 933 g/mol. The number of likely N-dealkylation sites (tertiary alicyclic amines) is 1. The van der Waals surface area contributed by atoms with Gasteiger partial charge in [-0.25, -0.2) is 4.79 Å². The second-order valence-electron chi connectivity index (χ2n) is 13.3. The van der Waals surface area contributed by atoms with Crippen LogP contribution >= 0.6 is 43.2 Å². The van der Waals surface area contributed by atoms with Gasteiger partial charge in [-0.2, -0.15) is 0 Å². The van der Waals surface area contributed by atoms with Crippen LogP contribution in [0.1, 0.15) is 69.7 Å². The van der Waals surface area contributed by atoms with Crippen molar-refractivity contribution in [3.8, 4) is 11.5 Å². The normalized spacial score (nSPS) is 17.6. The summed E-state index contributed by atoms with van der Waals surface area (Å²) in [4.78, 5) is 96.5. The van der Waals surface area contributed by atoms with Crippen molar-refractivity contribution >= 4 is 60.8 Å². The second-order valence-corrected chi connectivity index (χ2v) is 18.7. The van der Waals surface area contributed by atoms with Crippen LogP contribution < -0.4 is 4.74 Å². The van der Waals surface area contributed by atoms with Crippen molar-refractivity contribution in [3.63, 3.8) is 0 Å². The summed E-state index contributed by atoms with van der Waals surface area (Å²) in [7, 11) is 4.82. The molecule has 27 heteroatoms. The number of esters is 1. The first-order chi connectivity index (χ1) is 27.7. The standard InChI is InChI=1S/C19H26N2O10S2.C13H21N3O8S2.CH4/c1-11-12(2)17-15(13(3)16(11)22)5-6-19(4,30-17)18(23)28-7-8-32-33-10-14(31-21(26)27)9-29-20(24)25;1-9(13(18)14-5-3-4-12(14)10(2)17)8-25-26-11(6-23-15(19)20)7-24-16(21)22;/h14,22H,5-10H2,1-4H3;9,11-12H,3-8H2,1-2H3;1H4. The van der Waals surface area contributed by atoms with Gasteiger partial charge in [0.1, 0.15) is 44.0 Å². The van der Waals surface area contributed by atoms with Gasteiger partial charge in [0.15, 0.2) is 5.78 Å². The number of aromatic hydroxyl groups is 1. The lowest BCUT2D eigenvalue weighted by molar-refractivity contribution is -0.788. The molecule has 60 heavy (non-hydrogen) atoms. The lowest BCUT2D eigenvalue weighted by Gasteiger charge is -2.35. The minimum atomic E-state index is -1.16. The van der Waals surface area contributed by atoms with E-state index in [2.05, 4.69) is 19.4 Å². The van der Waals surface area contributed by atoms with E-state index in [4.69, 9.17) is 9.47 Å². The van der Waals surface area contributed by atoms with Crippen LogP contribution in [-0.4, -0.2) is 121 Å². The van der Waals surface area contributed by atoms with Crippen LogP contribution in [0.15, 0.2) is 0 Å². The molecular formula is C33H51N5O18S4. The minimum Gasteiger partial charge on any atom is -0.507 e. The van der Waals surface area contributed by atoms with E-state index < -0.39 is 49.9 Å². The van der Waals surface area contributed by atoms with Gasteiger partial charge in [0.05, 0.1) is 11.3 Å². The molecule has 0 aliphatic carbocycles. The topological polar surface area (TPSA) is 303 Å². The van der Waals surface area contributed by atoms with Crippen molar-refractivity contribution in [2.45, 2.75) is 97.6 Å². The number of phenols is 1. The molecule has 1 aromatic rings. The summed E-state index contributed by atoms with van der Waals surface area (Å²) < 4.78 is 11.4. The Bertz CT molecular complexity index is 1660. The highest BCUT2D eigenvalue weighted by Gasteiger charge is 2.42. The van der Waals surface area contributed by atoms with Crippen LogP contribution in [0.25, 0.3) is 0 Å². The number of phenolic OH excluding ortho intramolecular Hbond substituents is 1. The largest absolute Gasteiger partial charge is 0.507 e. The third kappa shape index (κ3) is 17.3. The van der Waals surface area contributed by atoms with Crippen LogP contribution in [0.3, 0.4) is 0 Å². The highest BCUT2D eigenvalue weighted by atomic mass is 33.1. The van der Waals surface area contributed by atoms with E-state index >= 15 is 0 Å². The predicted molar refractivity (Wildman–Crippen MR) is 221 cm³/mol. The van der Waals surface area contributed by atoms with Crippen LogP contribution in [0.5, 0.6) is 11.5 Å². The fraction of sp³-hybridized carbons (Fsp3) is 0.727. The Morgan fingerprint density at radius 2 is 1.50 bits per heavy atom. The molecule has 1 N–H and O–H groups in total. The van der Waals surface area contributed by atoms with Gasteiger partial charge in [0.2, 0.25) is 11.5 Å². The van der Waals surface area contributed by atoms with Crippen LogP contribution in [0, 0.1) is 67.1 Å². The van der Waals surface area contributed by atoms with Crippen molar-refractivity contribution in [1.29, 1.82) is 0 Å². The number of fused-ring (bicyclic) bond motifs is 1. The molecule has 0 radical (unpaired) electrons. The zero-order valence-corrected chi connectivity index (χ0v) is 36.3. The number of carbonyl (C=O) groups excluding carboxylic acids is 3. The maximum Gasteiger partial charge on any atom is 0.350 e. The van der Waals surface area contributed by atoms with Gasteiger partial charge < -0.3 is 38.8 Å². The molecule has 0 saturated carbocycles. The highest BCUT2D eigenvalue weighted by molar-refractivity contribution is 8.77. The molecule has 4 unspecified atom stereocenters. The van der Waals surface area contributed by atoms with E-state index in [1.807, 2.05) is 13.8 Å². The number of hydrogen-bond acceptors (Lipinski definition) is 22. The molecule has 2 aliphatic rings. The smallest absolute Gasteiger partial charge is 0.350 e. The zero-order valence-electron chi connectivity index (χ0n) is 33.1. The second kappa shape index (κ2) is 26.1. The average Bonchev–Trinajstić information content (AvgIpc) is 3.67. The van der Waals surface area contributed by atoms with Gasteiger partial charge in [-0.15, -0.1) is 40.5 Å². The van der Waals surface area contributed by atoms with Gasteiger partial charge in [-0.3, -0.25) is 9.59 Å². The zero-order chi connectivity index (χ0) is 44.4. The molecular weight excluding hydrogens is 883 g/mol. The van der Waals surface area contributed by atoms with Crippen molar-refractivity contribution < 1.29 is 68.7 Å². The third-order valence-electron chi connectivity index (χ3n) is 8.97. The number of ether oxygens (including phenoxy) is 2. The molecule has 1 saturated heterocycles. The van der Waals surface area contributed by atoms with Gasteiger partial charge >= 0.3 is 5.97 Å². The van der Waals surface area contributed by atoms with Gasteiger partial charge in [-0.1, -0.05) is 57.5 Å². The maximum atomic E-state index is 12.7. The first-order valence-electron chi connectivity index (χ1n) is 17.8. The number of amides is 1. The number of carbonyl (C=O) groups is 3. The molecule has 23 nitrogen and oxygen atoms in total. The fourth-order valence-corrected chi connectivity index (χ4v) is 10.3. The van der Waals surface area contributed by atoms with Crippen molar-refractivity contribution in [2.24, 2.45) is 5.92 Å². The number of hydrogen-bond donors (Lipinski definition) is 1. The number of ketones is 1. The molecule has 1 amide bonds. The molecule has 2 aliphatic heterocycles. The van der Waals surface area contributed by atoms with Gasteiger partial charge in [0.25, 0.3) is 20.3 Å². The first kappa shape index (κ1) is 53.6. The average molecular weight is 934 g/mol. The Kier molecular flexibility index (Phi) is 23.3. The van der Waals surface area contributed by atoms with Crippen molar-refractivity contribution in [2.75, 3.05) is 50.2 Å². The molecule has 4 atom stereocenters. The van der Waals surface area contributed by atoms with Gasteiger partial charge in [0, 0.05) is 41.7 Å². The molecule has 1 fully saturated rings. The number of rotatable bonds is 24. The third-order valence-corrected chi connectivity index (χ3v) is 14.3. The Morgan fingerprint density at radius 3 is 2.07 bits per heavy atom. The van der Waals surface area contributed by atoms with Crippen molar-refractivity contribution in [3.05, 3.63) is 62.7 Å². The Balaban J connectivity index is 0.000000607. The molecule has 2 heterocycles. The molecule has 0 aromatic heterocycles. The quantitative estimate of drug-likeness (QED) is 0.0462. The fourth-order valence-electron chi connectivity index (χ4n) is 5.71. The molecule has 1 aromatic carbocycles. The van der Waals surface area contributed by atoms with Crippen LogP contribution in [0.2, 0.25) is 0 Å². The minimum absolute atomic E-state index is 0. The summed E-state index contributed by atoms with van der Waals surface area (Å²) in [5, 5.41) is 46.8.